The number of nitrogens with one attached hydrogen (secondary N) is 1. The van der Waals surface area contributed by atoms with Crippen molar-refractivity contribution in [1.82, 2.24) is 0 Å². The average Bonchev–Trinajstić information content (AvgIpc) is 2.41. The van der Waals surface area contributed by atoms with E-state index in [-0.39, 0.29) is 12.0 Å². The van der Waals surface area contributed by atoms with Crippen LogP contribution in [0.2, 0.25) is 0 Å². The fourth-order valence-electron chi connectivity index (χ4n) is 1.90. The van der Waals surface area contributed by atoms with Crippen molar-refractivity contribution in [3.63, 3.8) is 0 Å². The number of aliphatic hydroxyl groups excluding tert-OH is 1. The van der Waals surface area contributed by atoms with Gasteiger partial charge in [0, 0.05) is 22.1 Å². The second kappa shape index (κ2) is 6.80. The largest absolute Gasteiger partial charge is 0.416 e. The van der Waals surface area contributed by atoms with Crippen molar-refractivity contribution in [2.45, 2.75) is 32.9 Å². The molecular weight excluding hydrogens is 335 g/mol. The Morgan fingerprint density at radius 2 is 1.80 bits per heavy atom. The van der Waals surface area contributed by atoms with Crippen LogP contribution in [0.25, 0.3) is 0 Å². The van der Waals surface area contributed by atoms with Crippen LogP contribution in [0.5, 0.6) is 0 Å². The van der Waals surface area contributed by atoms with Crippen LogP contribution in [-0.4, -0.2) is 18.3 Å². The highest BCUT2D eigenvalue weighted by molar-refractivity contribution is 9.10. The van der Waals surface area contributed by atoms with Gasteiger partial charge in [0.2, 0.25) is 0 Å². The van der Waals surface area contributed by atoms with Crippen LogP contribution in [-0.2, 0) is 6.18 Å². The number of alkyl halides is 3. The van der Waals surface area contributed by atoms with E-state index in [9.17, 15) is 18.3 Å². The monoisotopic (exact) mass is 353 g/mol. The number of halogens is 4. The Kier molecular flexibility index (Phi) is 5.89. The van der Waals surface area contributed by atoms with Gasteiger partial charge in [0.1, 0.15) is 0 Å². The van der Waals surface area contributed by atoms with Gasteiger partial charge >= 0.3 is 6.18 Å². The van der Waals surface area contributed by atoms with Crippen LogP contribution in [0.3, 0.4) is 0 Å². The topological polar surface area (TPSA) is 32.3 Å². The van der Waals surface area contributed by atoms with E-state index in [1.54, 1.807) is 0 Å². The number of benzene rings is 1. The maximum Gasteiger partial charge on any atom is 0.416 e. The number of aliphatic hydroxyl groups is 1. The molecule has 20 heavy (non-hydrogen) atoms. The van der Waals surface area contributed by atoms with E-state index in [0.29, 0.717) is 16.7 Å². The first-order valence-corrected chi connectivity index (χ1v) is 7.29. The number of hydrogen-bond donors (Lipinski definition) is 2. The summed E-state index contributed by atoms with van der Waals surface area (Å²) in [5, 5.41) is 12.6. The molecule has 2 N–H and O–H groups in total. The Labute approximate surface area is 125 Å². The molecule has 0 spiro atoms. The highest BCUT2D eigenvalue weighted by Crippen LogP contribution is 2.34. The summed E-state index contributed by atoms with van der Waals surface area (Å²) in [6, 6.07) is 3.51. The fraction of sp³-hybridized carbons (Fsp3) is 0.571. The third kappa shape index (κ3) is 4.12. The Bertz CT molecular complexity index is 436. The predicted octanol–water partition coefficient (Wildman–Crippen LogP) is 4.68. The molecular formula is C14H19BrF3NO. The standard InChI is InChI=1S/C14H19BrF3NO/c1-3-13(4-2,9-20)8-19-12-6-5-10(7-11(12)15)14(16,17)18/h5-7,19-20H,3-4,8-9H2,1-2H3. The lowest BCUT2D eigenvalue weighted by molar-refractivity contribution is -0.137. The molecule has 1 aromatic rings. The summed E-state index contributed by atoms with van der Waals surface area (Å²) in [7, 11) is 0. The van der Waals surface area contributed by atoms with Crippen LogP contribution < -0.4 is 5.32 Å². The van der Waals surface area contributed by atoms with Gasteiger partial charge in [0.25, 0.3) is 0 Å². The molecule has 0 atom stereocenters. The van der Waals surface area contributed by atoms with Crippen molar-refractivity contribution in [3.8, 4) is 0 Å². The van der Waals surface area contributed by atoms with E-state index in [4.69, 9.17) is 0 Å². The molecule has 0 fully saturated rings. The number of anilines is 1. The van der Waals surface area contributed by atoms with Gasteiger partial charge in [0.05, 0.1) is 12.2 Å². The summed E-state index contributed by atoms with van der Waals surface area (Å²) in [5.41, 5.74) is -0.339. The molecule has 0 aliphatic rings. The van der Waals surface area contributed by atoms with Crippen molar-refractivity contribution < 1.29 is 18.3 Å². The second-order valence-corrected chi connectivity index (χ2v) is 5.77. The minimum absolute atomic E-state index is 0.0469. The third-order valence-corrected chi connectivity index (χ3v) is 4.44. The number of rotatable bonds is 6. The van der Waals surface area contributed by atoms with Gasteiger partial charge in [-0.15, -0.1) is 0 Å². The molecule has 0 aliphatic carbocycles. The SMILES string of the molecule is CCC(CC)(CO)CNc1ccc(C(F)(F)F)cc1Br. The zero-order valence-electron chi connectivity index (χ0n) is 11.5. The highest BCUT2D eigenvalue weighted by atomic mass is 79.9. The molecule has 0 unspecified atom stereocenters. The van der Waals surface area contributed by atoms with Gasteiger partial charge in [-0.1, -0.05) is 13.8 Å². The quantitative estimate of drug-likeness (QED) is 0.778. The zero-order chi connectivity index (χ0) is 15.4. The average molecular weight is 354 g/mol. The molecule has 0 bridgehead atoms. The fourth-order valence-corrected chi connectivity index (χ4v) is 2.42. The summed E-state index contributed by atoms with van der Waals surface area (Å²) >= 11 is 3.15. The van der Waals surface area contributed by atoms with Gasteiger partial charge in [-0.05, 0) is 47.0 Å². The summed E-state index contributed by atoms with van der Waals surface area (Å²) in [5.74, 6) is 0. The van der Waals surface area contributed by atoms with Crippen LogP contribution >= 0.6 is 15.9 Å². The summed E-state index contributed by atoms with van der Waals surface area (Å²) in [6.45, 7) is 4.54. The second-order valence-electron chi connectivity index (χ2n) is 4.91. The predicted molar refractivity (Wildman–Crippen MR) is 77.7 cm³/mol. The molecule has 1 rings (SSSR count). The first-order valence-electron chi connectivity index (χ1n) is 6.49. The molecule has 0 aliphatic heterocycles. The Hall–Kier alpha value is -0.750. The van der Waals surface area contributed by atoms with Crippen molar-refractivity contribution in [2.75, 3.05) is 18.5 Å². The molecule has 0 heterocycles. The molecule has 0 saturated carbocycles. The van der Waals surface area contributed by atoms with Crippen LogP contribution in [0.4, 0.5) is 18.9 Å². The molecule has 6 heteroatoms. The van der Waals surface area contributed by atoms with Crippen molar-refractivity contribution in [1.29, 1.82) is 0 Å². The molecule has 114 valence electrons. The van der Waals surface area contributed by atoms with E-state index in [0.717, 1.165) is 25.0 Å². The summed E-state index contributed by atoms with van der Waals surface area (Å²) in [6.07, 6.45) is -2.75. The third-order valence-electron chi connectivity index (χ3n) is 3.79. The minimum atomic E-state index is -4.34. The summed E-state index contributed by atoms with van der Waals surface area (Å²) < 4.78 is 38.1. The lowest BCUT2D eigenvalue weighted by Gasteiger charge is -2.30. The van der Waals surface area contributed by atoms with Gasteiger partial charge in [-0.2, -0.15) is 13.2 Å². The highest BCUT2D eigenvalue weighted by Gasteiger charge is 2.31. The van der Waals surface area contributed by atoms with Crippen LogP contribution in [0.15, 0.2) is 22.7 Å². The van der Waals surface area contributed by atoms with E-state index < -0.39 is 11.7 Å². The molecule has 0 amide bonds. The lowest BCUT2D eigenvalue weighted by Crippen LogP contribution is -2.32. The normalized spacial score (nSPS) is 12.6. The van der Waals surface area contributed by atoms with Crippen LogP contribution in [0, 0.1) is 5.41 Å². The van der Waals surface area contributed by atoms with E-state index in [1.165, 1.54) is 6.07 Å². The zero-order valence-corrected chi connectivity index (χ0v) is 13.1. The first-order chi connectivity index (χ1) is 9.28. The molecule has 0 saturated heterocycles. The maximum absolute atomic E-state index is 12.6. The molecule has 2 nitrogen and oxygen atoms in total. The van der Waals surface area contributed by atoms with Gasteiger partial charge in [0.15, 0.2) is 0 Å². The van der Waals surface area contributed by atoms with Crippen molar-refractivity contribution in [3.05, 3.63) is 28.2 Å². The first kappa shape index (κ1) is 17.3. The Balaban J connectivity index is 2.84. The minimum Gasteiger partial charge on any atom is -0.396 e. The van der Waals surface area contributed by atoms with E-state index >= 15 is 0 Å². The van der Waals surface area contributed by atoms with E-state index in [2.05, 4.69) is 21.2 Å². The van der Waals surface area contributed by atoms with Crippen molar-refractivity contribution >= 4 is 21.6 Å². The van der Waals surface area contributed by atoms with Crippen LogP contribution in [0.1, 0.15) is 32.3 Å². The van der Waals surface area contributed by atoms with E-state index in [1.807, 2.05) is 13.8 Å². The van der Waals surface area contributed by atoms with Crippen molar-refractivity contribution in [2.24, 2.45) is 5.41 Å². The molecule has 1 aromatic carbocycles. The van der Waals surface area contributed by atoms with Gasteiger partial charge in [-0.3, -0.25) is 0 Å². The Morgan fingerprint density at radius 1 is 1.20 bits per heavy atom. The number of hydrogen-bond acceptors (Lipinski definition) is 2. The maximum atomic E-state index is 12.6. The smallest absolute Gasteiger partial charge is 0.396 e. The van der Waals surface area contributed by atoms with Gasteiger partial charge < -0.3 is 10.4 Å². The molecule has 0 radical (unpaired) electrons. The van der Waals surface area contributed by atoms with Gasteiger partial charge in [-0.25, -0.2) is 0 Å². The molecule has 0 aromatic heterocycles. The Morgan fingerprint density at radius 3 is 2.20 bits per heavy atom. The summed E-state index contributed by atoms with van der Waals surface area (Å²) in [4.78, 5) is 0. The lowest BCUT2D eigenvalue weighted by atomic mass is 9.83.